The van der Waals surface area contributed by atoms with Gasteiger partial charge in [0, 0.05) is 34.5 Å². The summed E-state index contributed by atoms with van der Waals surface area (Å²) >= 11 is 9.86. The van der Waals surface area contributed by atoms with Crippen molar-refractivity contribution in [2.24, 2.45) is 7.05 Å². The molecule has 3 nitrogen and oxygen atoms in total. The molecular weight excluding hydrogens is 338 g/mol. The first kappa shape index (κ1) is 15.5. The molecule has 0 aliphatic rings. The first-order valence-corrected chi connectivity index (χ1v) is 7.94. The average Bonchev–Trinajstić information content (AvgIpc) is 2.83. The number of aromatic nitrogens is 2. The van der Waals surface area contributed by atoms with Crippen molar-refractivity contribution in [2.75, 3.05) is 6.54 Å². The number of halogens is 2. The number of nitrogens with one attached hydrogen (secondary N) is 1. The molecule has 0 aliphatic carbocycles. The van der Waals surface area contributed by atoms with Crippen molar-refractivity contribution < 1.29 is 0 Å². The molecule has 1 atom stereocenters. The zero-order valence-corrected chi connectivity index (χ0v) is 14.1. The Morgan fingerprint density at radius 1 is 1.40 bits per heavy atom. The minimum atomic E-state index is 0.250. The summed E-state index contributed by atoms with van der Waals surface area (Å²) in [5, 5.41) is 8.53. The van der Waals surface area contributed by atoms with Crippen LogP contribution in [0.1, 0.15) is 30.6 Å². The lowest BCUT2D eigenvalue weighted by atomic mass is 10.0. The largest absolute Gasteiger partial charge is 0.310 e. The van der Waals surface area contributed by atoms with Gasteiger partial charge in [0.25, 0.3) is 0 Å². The van der Waals surface area contributed by atoms with Gasteiger partial charge >= 0.3 is 0 Å². The molecule has 1 unspecified atom stereocenters. The fourth-order valence-electron chi connectivity index (χ4n) is 2.33. The Hall–Kier alpha value is -0.840. The van der Waals surface area contributed by atoms with Gasteiger partial charge in [-0.3, -0.25) is 4.68 Å². The number of rotatable bonds is 6. The van der Waals surface area contributed by atoms with Crippen LogP contribution in [0.25, 0.3) is 0 Å². The summed E-state index contributed by atoms with van der Waals surface area (Å²) in [4.78, 5) is 0. The summed E-state index contributed by atoms with van der Waals surface area (Å²) in [7, 11) is 1.98. The minimum Gasteiger partial charge on any atom is -0.310 e. The third-order valence-electron chi connectivity index (χ3n) is 3.40. The second-order valence-electron chi connectivity index (χ2n) is 4.76. The number of hydrogen-bond acceptors (Lipinski definition) is 2. The van der Waals surface area contributed by atoms with Gasteiger partial charge in [-0.15, -0.1) is 0 Å². The average molecular weight is 357 g/mol. The lowest BCUT2D eigenvalue weighted by Gasteiger charge is -2.20. The summed E-state index contributed by atoms with van der Waals surface area (Å²) in [6.07, 6.45) is 3.80. The Kier molecular flexibility index (Phi) is 5.64. The van der Waals surface area contributed by atoms with Crippen LogP contribution in [-0.4, -0.2) is 16.3 Å². The van der Waals surface area contributed by atoms with E-state index >= 15 is 0 Å². The molecule has 1 aromatic carbocycles. The SMILES string of the molecule is CCNC(CCc1ccnn1C)c1cc(Br)ccc1Cl. The molecule has 0 saturated heterocycles. The molecule has 1 heterocycles. The van der Waals surface area contributed by atoms with Gasteiger partial charge in [0.15, 0.2) is 0 Å². The van der Waals surface area contributed by atoms with Gasteiger partial charge in [-0.25, -0.2) is 0 Å². The van der Waals surface area contributed by atoms with Crippen molar-refractivity contribution in [1.82, 2.24) is 15.1 Å². The monoisotopic (exact) mass is 355 g/mol. The summed E-state index contributed by atoms with van der Waals surface area (Å²) in [5.74, 6) is 0. The maximum atomic E-state index is 6.34. The molecule has 2 aromatic rings. The molecule has 1 aromatic heterocycles. The van der Waals surface area contributed by atoms with Crippen molar-refractivity contribution in [3.63, 3.8) is 0 Å². The van der Waals surface area contributed by atoms with Crippen molar-refractivity contribution in [1.29, 1.82) is 0 Å². The van der Waals surface area contributed by atoms with E-state index in [1.165, 1.54) is 5.69 Å². The Balaban J connectivity index is 2.14. The summed E-state index contributed by atoms with van der Waals surface area (Å²) in [6.45, 7) is 3.03. The van der Waals surface area contributed by atoms with E-state index in [2.05, 4.69) is 45.4 Å². The standard InChI is InChI=1S/C15H19BrClN3/c1-3-18-15(7-5-12-8-9-19-20(12)2)13-10-11(16)4-6-14(13)17/h4,6,8-10,15,18H,3,5,7H2,1-2H3. The molecule has 0 radical (unpaired) electrons. The van der Waals surface area contributed by atoms with Crippen LogP contribution in [0.3, 0.4) is 0 Å². The number of hydrogen-bond donors (Lipinski definition) is 1. The molecule has 108 valence electrons. The highest BCUT2D eigenvalue weighted by Gasteiger charge is 2.15. The van der Waals surface area contributed by atoms with Crippen LogP contribution in [0.15, 0.2) is 34.9 Å². The predicted octanol–water partition coefficient (Wildman–Crippen LogP) is 4.12. The van der Waals surface area contributed by atoms with Crippen LogP contribution in [0.5, 0.6) is 0 Å². The lowest BCUT2D eigenvalue weighted by Crippen LogP contribution is -2.22. The maximum absolute atomic E-state index is 6.34. The highest BCUT2D eigenvalue weighted by molar-refractivity contribution is 9.10. The third kappa shape index (κ3) is 3.84. The molecule has 2 rings (SSSR count). The second kappa shape index (κ2) is 7.25. The van der Waals surface area contributed by atoms with Crippen molar-refractivity contribution >= 4 is 27.5 Å². The molecular formula is C15H19BrClN3. The predicted molar refractivity (Wildman–Crippen MR) is 87.1 cm³/mol. The van der Waals surface area contributed by atoms with Gasteiger partial charge in [0.1, 0.15) is 0 Å². The van der Waals surface area contributed by atoms with Gasteiger partial charge < -0.3 is 5.32 Å². The van der Waals surface area contributed by atoms with Crippen LogP contribution in [0.2, 0.25) is 5.02 Å². The van der Waals surface area contributed by atoms with E-state index in [-0.39, 0.29) is 6.04 Å². The number of aryl methyl sites for hydroxylation is 2. The van der Waals surface area contributed by atoms with E-state index in [9.17, 15) is 0 Å². The van der Waals surface area contributed by atoms with E-state index in [1.54, 1.807) is 0 Å². The van der Waals surface area contributed by atoms with Crippen molar-refractivity contribution in [3.8, 4) is 0 Å². The minimum absolute atomic E-state index is 0.250. The molecule has 0 amide bonds. The summed E-state index contributed by atoms with van der Waals surface area (Å²) in [5.41, 5.74) is 2.38. The van der Waals surface area contributed by atoms with Crippen LogP contribution >= 0.6 is 27.5 Å². The lowest BCUT2D eigenvalue weighted by molar-refractivity contribution is 0.506. The molecule has 1 N–H and O–H groups in total. The fraction of sp³-hybridized carbons (Fsp3) is 0.400. The molecule has 0 bridgehead atoms. The van der Waals surface area contributed by atoms with Gasteiger partial charge in [0.2, 0.25) is 0 Å². The highest BCUT2D eigenvalue weighted by atomic mass is 79.9. The number of nitrogens with zero attached hydrogens (tertiary/aromatic N) is 2. The van der Waals surface area contributed by atoms with Crippen LogP contribution in [0.4, 0.5) is 0 Å². The van der Waals surface area contributed by atoms with E-state index in [1.807, 2.05) is 30.1 Å². The first-order chi connectivity index (χ1) is 9.61. The smallest absolute Gasteiger partial charge is 0.0492 e. The maximum Gasteiger partial charge on any atom is 0.0492 e. The molecule has 0 saturated carbocycles. The van der Waals surface area contributed by atoms with E-state index in [4.69, 9.17) is 11.6 Å². The normalized spacial score (nSPS) is 12.6. The van der Waals surface area contributed by atoms with E-state index in [0.717, 1.165) is 34.4 Å². The Bertz CT molecular complexity index is 568. The summed E-state index contributed by atoms with van der Waals surface area (Å²) in [6, 6.07) is 8.32. The molecule has 0 aliphatic heterocycles. The topological polar surface area (TPSA) is 29.9 Å². The molecule has 20 heavy (non-hydrogen) atoms. The van der Waals surface area contributed by atoms with Crippen LogP contribution in [-0.2, 0) is 13.5 Å². The highest BCUT2D eigenvalue weighted by Crippen LogP contribution is 2.29. The first-order valence-electron chi connectivity index (χ1n) is 6.77. The van der Waals surface area contributed by atoms with Gasteiger partial charge in [-0.1, -0.05) is 34.5 Å². The molecule has 0 spiro atoms. The van der Waals surface area contributed by atoms with E-state index in [0.29, 0.717) is 0 Å². The van der Waals surface area contributed by atoms with Gasteiger partial charge in [0.05, 0.1) is 0 Å². The second-order valence-corrected chi connectivity index (χ2v) is 6.08. The zero-order chi connectivity index (χ0) is 14.5. The molecule has 5 heteroatoms. The Morgan fingerprint density at radius 3 is 2.85 bits per heavy atom. The van der Waals surface area contributed by atoms with Gasteiger partial charge in [-0.2, -0.15) is 5.10 Å². The Morgan fingerprint density at radius 2 is 2.20 bits per heavy atom. The Labute approximate surface area is 133 Å². The fourth-order valence-corrected chi connectivity index (χ4v) is 2.96. The number of benzene rings is 1. The molecule has 0 fully saturated rings. The van der Waals surface area contributed by atoms with Crippen molar-refractivity contribution in [3.05, 3.63) is 51.2 Å². The van der Waals surface area contributed by atoms with Crippen LogP contribution in [0, 0.1) is 0 Å². The quantitative estimate of drug-likeness (QED) is 0.844. The van der Waals surface area contributed by atoms with Crippen LogP contribution < -0.4 is 5.32 Å². The zero-order valence-electron chi connectivity index (χ0n) is 11.7. The van der Waals surface area contributed by atoms with E-state index < -0.39 is 0 Å². The third-order valence-corrected chi connectivity index (χ3v) is 4.23. The summed E-state index contributed by atoms with van der Waals surface area (Å²) < 4.78 is 2.98. The van der Waals surface area contributed by atoms with Crippen molar-refractivity contribution in [2.45, 2.75) is 25.8 Å². The van der Waals surface area contributed by atoms with Gasteiger partial charge in [-0.05, 0) is 49.2 Å².